The minimum atomic E-state index is -1.67. The van der Waals surface area contributed by atoms with Gasteiger partial charge in [-0.25, -0.2) is 13.6 Å². The number of carboxylic acids is 1. The Labute approximate surface area is 83.5 Å². The van der Waals surface area contributed by atoms with E-state index in [0.717, 1.165) is 18.2 Å². The number of carbonyl (C=O) groups is 2. The molecule has 1 amide bonds. The van der Waals surface area contributed by atoms with Gasteiger partial charge >= 0.3 is 11.9 Å². The van der Waals surface area contributed by atoms with Gasteiger partial charge < -0.3 is 10.4 Å². The molecule has 0 spiro atoms. The molecule has 0 saturated carbocycles. The van der Waals surface area contributed by atoms with Crippen LogP contribution in [0.1, 0.15) is 5.56 Å². The number of nitrogens with one attached hydrogen (secondary N) is 1. The molecule has 1 aromatic rings. The predicted octanol–water partition coefficient (Wildman–Crippen LogP) is 0.666. The molecule has 0 fully saturated rings. The van der Waals surface area contributed by atoms with Crippen molar-refractivity contribution in [2.75, 3.05) is 0 Å². The zero-order chi connectivity index (χ0) is 11.4. The van der Waals surface area contributed by atoms with E-state index in [0.29, 0.717) is 0 Å². The minimum Gasteiger partial charge on any atom is -0.474 e. The summed E-state index contributed by atoms with van der Waals surface area (Å²) in [5, 5.41) is 10.1. The van der Waals surface area contributed by atoms with E-state index in [9.17, 15) is 18.4 Å². The van der Waals surface area contributed by atoms with Crippen molar-refractivity contribution in [2.45, 2.75) is 6.54 Å². The van der Waals surface area contributed by atoms with Gasteiger partial charge in [0.15, 0.2) is 0 Å². The maximum absolute atomic E-state index is 13.0. The van der Waals surface area contributed by atoms with Crippen molar-refractivity contribution in [3.63, 3.8) is 0 Å². The Morgan fingerprint density at radius 2 is 2.00 bits per heavy atom. The summed E-state index contributed by atoms with van der Waals surface area (Å²) in [6.07, 6.45) is 0. The van der Waals surface area contributed by atoms with Gasteiger partial charge in [-0.05, 0) is 18.2 Å². The molecular formula is C9H7F2NO3. The highest BCUT2D eigenvalue weighted by atomic mass is 19.1. The molecule has 4 nitrogen and oxygen atoms in total. The largest absolute Gasteiger partial charge is 0.474 e. The standard InChI is InChI=1S/C9H7F2NO3/c10-6-1-2-7(11)5(3-6)4-12-8(13)9(14)15/h1-3H,4H2,(H,12,13)(H,14,15). The molecule has 0 heterocycles. The van der Waals surface area contributed by atoms with Crippen LogP contribution in [0.2, 0.25) is 0 Å². The number of hydrogen-bond donors (Lipinski definition) is 2. The molecule has 0 unspecified atom stereocenters. The van der Waals surface area contributed by atoms with Gasteiger partial charge in [0.25, 0.3) is 0 Å². The highest BCUT2D eigenvalue weighted by Crippen LogP contribution is 2.08. The number of halogens is 2. The number of amides is 1. The van der Waals surface area contributed by atoms with Crippen molar-refractivity contribution in [3.8, 4) is 0 Å². The van der Waals surface area contributed by atoms with Crippen LogP contribution < -0.4 is 5.32 Å². The van der Waals surface area contributed by atoms with Crippen LogP contribution in [0.25, 0.3) is 0 Å². The minimum absolute atomic E-state index is 0.107. The van der Waals surface area contributed by atoms with Crippen molar-refractivity contribution < 1.29 is 23.5 Å². The van der Waals surface area contributed by atoms with E-state index in [1.54, 1.807) is 0 Å². The first-order valence-electron chi connectivity index (χ1n) is 3.95. The molecule has 1 rings (SSSR count). The van der Waals surface area contributed by atoms with E-state index in [1.807, 2.05) is 5.32 Å². The highest BCUT2D eigenvalue weighted by Gasteiger charge is 2.11. The Kier molecular flexibility index (Phi) is 3.33. The third-order valence-electron chi connectivity index (χ3n) is 1.64. The lowest BCUT2D eigenvalue weighted by molar-refractivity contribution is -0.150. The summed E-state index contributed by atoms with van der Waals surface area (Å²) in [5.41, 5.74) is -0.107. The molecule has 1 aromatic carbocycles. The van der Waals surface area contributed by atoms with Crippen molar-refractivity contribution in [3.05, 3.63) is 35.4 Å². The zero-order valence-electron chi connectivity index (χ0n) is 7.46. The average molecular weight is 215 g/mol. The maximum atomic E-state index is 13.0. The number of carbonyl (C=O) groups excluding carboxylic acids is 1. The number of carboxylic acid groups (broad SMARTS) is 1. The van der Waals surface area contributed by atoms with Gasteiger partial charge in [0, 0.05) is 12.1 Å². The van der Waals surface area contributed by atoms with Gasteiger partial charge in [0.05, 0.1) is 0 Å². The fraction of sp³-hybridized carbons (Fsp3) is 0.111. The SMILES string of the molecule is O=C(O)C(=O)NCc1cc(F)ccc1F. The summed E-state index contributed by atoms with van der Waals surface area (Å²) in [6, 6.07) is 2.72. The smallest absolute Gasteiger partial charge is 0.394 e. The quantitative estimate of drug-likeness (QED) is 0.712. The first kappa shape index (κ1) is 11.1. The third kappa shape index (κ3) is 3.01. The Morgan fingerprint density at radius 3 is 2.60 bits per heavy atom. The van der Waals surface area contributed by atoms with Gasteiger partial charge in [0.2, 0.25) is 0 Å². The molecule has 2 N–H and O–H groups in total. The van der Waals surface area contributed by atoms with Crippen LogP contribution >= 0.6 is 0 Å². The van der Waals surface area contributed by atoms with Gasteiger partial charge in [-0.2, -0.15) is 0 Å². The lowest BCUT2D eigenvalue weighted by Crippen LogP contribution is -2.30. The van der Waals surface area contributed by atoms with Crippen molar-refractivity contribution in [1.82, 2.24) is 5.32 Å². The second-order valence-electron chi connectivity index (χ2n) is 2.72. The van der Waals surface area contributed by atoms with Crippen molar-refractivity contribution in [2.24, 2.45) is 0 Å². The molecule has 0 bridgehead atoms. The zero-order valence-corrected chi connectivity index (χ0v) is 7.46. The monoisotopic (exact) mass is 215 g/mol. The van der Waals surface area contributed by atoms with E-state index in [2.05, 4.69) is 0 Å². The molecule has 0 aliphatic carbocycles. The van der Waals surface area contributed by atoms with Crippen LogP contribution in [-0.2, 0) is 16.1 Å². The Morgan fingerprint density at radius 1 is 1.33 bits per heavy atom. The average Bonchev–Trinajstić information content (AvgIpc) is 2.18. The second kappa shape index (κ2) is 4.50. The summed E-state index contributed by atoms with van der Waals surface area (Å²) in [4.78, 5) is 20.7. The van der Waals surface area contributed by atoms with Crippen LogP contribution in [0, 0.1) is 11.6 Å². The predicted molar refractivity (Wildman–Crippen MR) is 45.8 cm³/mol. The molecular weight excluding hydrogens is 208 g/mol. The molecule has 0 aromatic heterocycles. The van der Waals surface area contributed by atoms with Crippen molar-refractivity contribution >= 4 is 11.9 Å². The van der Waals surface area contributed by atoms with Crippen molar-refractivity contribution in [1.29, 1.82) is 0 Å². The fourth-order valence-corrected chi connectivity index (χ4v) is 0.930. The Balaban J connectivity index is 2.69. The van der Waals surface area contributed by atoms with Crippen LogP contribution in [0.3, 0.4) is 0 Å². The molecule has 0 atom stereocenters. The number of hydrogen-bond acceptors (Lipinski definition) is 2. The van der Waals surface area contributed by atoms with E-state index in [1.165, 1.54) is 0 Å². The van der Waals surface area contributed by atoms with Crippen LogP contribution in [0.4, 0.5) is 8.78 Å². The van der Waals surface area contributed by atoms with Gasteiger partial charge in [0.1, 0.15) is 11.6 Å². The van der Waals surface area contributed by atoms with E-state index in [4.69, 9.17) is 5.11 Å². The third-order valence-corrected chi connectivity index (χ3v) is 1.64. The first-order valence-corrected chi connectivity index (χ1v) is 3.95. The summed E-state index contributed by atoms with van der Waals surface area (Å²) < 4.78 is 25.6. The highest BCUT2D eigenvalue weighted by molar-refractivity contribution is 6.31. The lowest BCUT2D eigenvalue weighted by atomic mass is 10.2. The second-order valence-corrected chi connectivity index (χ2v) is 2.72. The molecule has 0 aliphatic heterocycles. The normalized spacial score (nSPS) is 9.73. The summed E-state index contributed by atoms with van der Waals surface area (Å²) >= 11 is 0. The fourth-order valence-electron chi connectivity index (χ4n) is 0.930. The van der Waals surface area contributed by atoms with Crippen LogP contribution in [-0.4, -0.2) is 17.0 Å². The van der Waals surface area contributed by atoms with Gasteiger partial charge in [-0.15, -0.1) is 0 Å². The first-order chi connectivity index (χ1) is 7.00. The molecule has 0 radical (unpaired) electrons. The van der Waals surface area contributed by atoms with E-state index in [-0.39, 0.29) is 12.1 Å². The topological polar surface area (TPSA) is 66.4 Å². The summed E-state index contributed by atoms with van der Waals surface area (Å²) in [6.45, 7) is -0.366. The summed E-state index contributed by atoms with van der Waals surface area (Å²) in [7, 11) is 0. The van der Waals surface area contributed by atoms with Gasteiger partial charge in [-0.3, -0.25) is 4.79 Å². The Bertz CT molecular complexity index is 406. The lowest BCUT2D eigenvalue weighted by Gasteiger charge is -2.03. The Hall–Kier alpha value is -1.98. The molecule has 0 aliphatic rings. The van der Waals surface area contributed by atoms with E-state index >= 15 is 0 Å². The number of rotatable bonds is 2. The maximum Gasteiger partial charge on any atom is 0.394 e. The van der Waals surface area contributed by atoms with E-state index < -0.39 is 23.5 Å². The number of benzene rings is 1. The molecule has 80 valence electrons. The molecule has 6 heteroatoms. The number of aliphatic carboxylic acids is 1. The summed E-state index contributed by atoms with van der Waals surface area (Å²) in [5.74, 6) is -4.30. The molecule has 15 heavy (non-hydrogen) atoms. The van der Waals surface area contributed by atoms with Gasteiger partial charge in [-0.1, -0.05) is 0 Å². The molecule has 0 saturated heterocycles. The van der Waals surface area contributed by atoms with Crippen LogP contribution in [0.15, 0.2) is 18.2 Å². The van der Waals surface area contributed by atoms with Crippen LogP contribution in [0.5, 0.6) is 0 Å².